The van der Waals surface area contributed by atoms with Gasteiger partial charge < -0.3 is 14.6 Å². The molecule has 120 valence electrons. The molecule has 0 radical (unpaired) electrons. The second kappa shape index (κ2) is 6.41. The van der Waals surface area contributed by atoms with Crippen molar-refractivity contribution in [1.29, 1.82) is 0 Å². The van der Waals surface area contributed by atoms with E-state index in [1.807, 2.05) is 30.0 Å². The van der Waals surface area contributed by atoms with Gasteiger partial charge in [-0.2, -0.15) is 11.8 Å². The highest BCUT2D eigenvalue weighted by Crippen LogP contribution is 2.52. The van der Waals surface area contributed by atoms with Crippen LogP contribution in [-0.2, 0) is 10.2 Å². The van der Waals surface area contributed by atoms with Crippen LogP contribution in [0.2, 0.25) is 0 Å². The van der Waals surface area contributed by atoms with Gasteiger partial charge in [0.15, 0.2) is 11.5 Å². The first kappa shape index (κ1) is 15.5. The quantitative estimate of drug-likeness (QED) is 0.869. The fourth-order valence-corrected chi connectivity index (χ4v) is 4.14. The van der Waals surface area contributed by atoms with Crippen LogP contribution in [0.15, 0.2) is 18.2 Å². The highest BCUT2D eigenvalue weighted by atomic mass is 32.2. The summed E-state index contributed by atoms with van der Waals surface area (Å²) in [4.78, 5) is 11.1. The largest absolute Gasteiger partial charge is 0.493 e. The van der Waals surface area contributed by atoms with Crippen molar-refractivity contribution in [2.45, 2.75) is 43.6 Å². The van der Waals surface area contributed by atoms with E-state index in [-0.39, 0.29) is 17.9 Å². The van der Waals surface area contributed by atoms with E-state index in [1.54, 1.807) is 7.11 Å². The zero-order chi connectivity index (χ0) is 15.6. The Labute approximate surface area is 135 Å². The van der Waals surface area contributed by atoms with Gasteiger partial charge in [-0.25, -0.2) is 0 Å². The SMILES string of the molecule is COc1ccc(C2(CC(=O)O)CC2)cc1OC1CCSCC1. The zero-order valence-electron chi connectivity index (χ0n) is 12.8. The molecular weight excluding hydrogens is 300 g/mol. The maximum absolute atomic E-state index is 11.1. The third-order valence-corrected chi connectivity index (χ3v) is 5.63. The predicted molar refractivity (Wildman–Crippen MR) is 87.1 cm³/mol. The Hall–Kier alpha value is -1.36. The van der Waals surface area contributed by atoms with Gasteiger partial charge in [-0.15, -0.1) is 0 Å². The molecule has 4 nitrogen and oxygen atoms in total. The van der Waals surface area contributed by atoms with Gasteiger partial charge in [0.25, 0.3) is 0 Å². The number of hydrogen-bond acceptors (Lipinski definition) is 4. The lowest BCUT2D eigenvalue weighted by molar-refractivity contribution is -0.137. The van der Waals surface area contributed by atoms with Crippen molar-refractivity contribution in [2.24, 2.45) is 0 Å². The first-order chi connectivity index (χ1) is 10.6. The van der Waals surface area contributed by atoms with E-state index in [0.29, 0.717) is 0 Å². The summed E-state index contributed by atoms with van der Waals surface area (Å²) in [6.45, 7) is 0. The van der Waals surface area contributed by atoms with Gasteiger partial charge in [0.05, 0.1) is 13.5 Å². The molecule has 1 saturated carbocycles. The van der Waals surface area contributed by atoms with Crippen LogP contribution in [0.3, 0.4) is 0 Å². The van der Waals surface area contributed by atoms with Gasteiger partial charge in [0.2, 0.25) is 0 Å². The molecule has 1 aliphatic heterocycles. The van der Waals surface area contributed by atoms with Crippen LogP contribution in [0.4, 0.5) is 0 Å². The Morgan fingerprint density at radius 1 is 1.32 bits per heavy atom. The van der Waals surface area contributed by atoms with Crippen LogP contribution < -0.4 is 9.47 Å². The molecule has 0 atom stereocenters. The Morgan fingerprint density at radius 2 is 2.05 bits per heavy atom. The molecule has 22 heavy (non-hydrogen) atoms. The lowest BCUT2D eigenvalue weighted by Crippen LogP contribution is -2.22. The molecule has 0 aromatic heterocycles. The molecule has 0 bridgehead atoms. The molecule has 1 aliphatic carbocycles. The molecule has 2 aliphatic rings. The smallest absolute Gasteiger partial charge is 0.304 e. The fraction of sp³-hybridized carbons (Fsp3) is 0.588. The molecule has 5 heteroatoms. The summed E-state index contributed by atoms with van der Waals surface area (Å²) in [7, 11) is 1.64. The number of ether oxygens (including phenoxy) is 2. The summed E-state index contributed by atoms with van der Waals surface area (Å²) in [6.07, 6.45) is 4.41. The molecule has 1 aromatic carbocycles. The van der Waals surface area contributed by atoms with E-state index >= 15 is 0 Å². The maximum Gasteiger partial charge on any atom is 0.304 e. The number of methoxy groups -OCH3 is 1. The average Bonchev–Trinajstić information content (AvgIpc) is 3.28. The average molecular weight is 322 g/mol. The minimum atomic E-state index is -0.736. The Bertz CT molecular complexity index is 548. The number of aliphatic carboxylic acids is 1. The standard InChI is InChI=1S/C17H22O4S/c1-20-14-3-2-12(17(6-7-17)11-16(18)19)10-15(14)21-13-4-8-22-9-5-13/h2-3,10,13H,4-9,11H2,1H3,(H,18,19). The highest BCUT2D eigenvalue weighted by molar-refractivity contribution is 7.99. The van der Waals surface area contributed by atoms with Crippen LogP contribution in [0, 0.1) is 0 Å². The Kier molecular flexibility index (Phi) is 4.52. The van der Waals surface area contributed by atoms with Crippen molar-refractivity contribution in [3.8, 4) is 11.5 Å². The maximum atomic E-state index is 11.1. The molecule has 3 rings (SSSR count). The Balaban J connectivity index is 1.81. The topological polar surface area (TPSA) is 55.8 Å². The van der Waals surface area contributed by atoms with Gasteiger partial charge in [-0.1, -0.05) is 6.07 Å². The summed E-state index contributed by atoms with van der Waals surface area (Å²) < 4.78 is 11.6. The van der Waals surface area contributed by atoms with Gasteiger partial charge in [-0.3, -0.25) is 4.79 Å². The number of hydrogen-bond donors (Lipinski definition) is 1. The summed E-state index contributed by atoms with van der Waals surface area (Å²) in [5.74, 6) is 3.02. The summed E-state index contributed by atoms with van der Waals surface area (Å²) in [6, 6.07) is 5.89. The van der Waals surface area contributed by atoms with E-state index in [1.165, 1.54) is 0 Å². The number of carboxylic acid groups (broad SMARTS) is 1. The monoisotopic (exact) mass is 322 g/mol. The predicted octanol–water partition coefficient (Wildman–Crippen LogP) is 3.48. The number of benzene rings is 1. The number of carboxylic acids is 1. The van der Waals surface area contributed by atoms with Crippen molar-refractivity contribution in [3.63, 3.8) is 0 Å². The molecule has 1 heterocycles. The minimum absolute atomic E-state index is 0.193. The molecule has 1 saturated heterocycles. The third-order valence-electron chi connectivity index (χ3n) is 4.58. The first-order valence-corrected chi connectivity index (χ1v) is 8.93. The van der Waals surface area contributed by atoms with Gasteiger partial charge in [0, 0.05) is 5.41 Å². The summed E-state index contributed by atoms with van der Waals surface area (Å²) in [5.41, 5.74) is 0.870. The number of carbonyl (C=O) groups is 1. The van der Waals surface area contributed by atoms with Gasteiger partial charge in [0.1, 0.15) is 6.10 Å². The van der Waals surface area contributed by atoms with Crippen molar-refractivity contribution >= 4 is 17.7 Å². The summed E-state index contributed by atoms with van der Waals surface area (Å²) in [5, 5.41) is 9.12. The highest BCUT2D eigenvalue weighted by Gasteiger charge is 2.46. The van der Waals surface area contributed by atoms with Crippen LogP contribution in [-0.4, -0.2) is 35.8 Å². The second-order valence-corrected chi connectivity index (χ2v) is 7.37. The molecule has 0 unspecified atom stereocenters. The van der Waals surface area contributed by atoms with Crippen LogP contribution in [0.5, 0.6) is 11.5 Å². The zero-order valence-corrected chi connectivity index (χ0v) is 13.7. The Morgan fingerprint density at radius 3 is 2.64 bits per heavy atom. The van der Waals surface area contributed by atoms with Crippen molar-refractivity contribution in [1.82, 2.24) is 0 Å². The van der Waals surface area contributed by atoms with E-state index in [0.717, 1.165) is 54.3 Å². The molecule has 0 amide bonds. The normalized spacial score (nSPS) is 20.4. The van der Waals surface area contributed by atoms with E-state index < -0.39 is 5.97 Å². The summed E-state index contributed by atoms with van der Waals surface area (Å²) >= 11 is 1.97. The van der Waals surface area contributed by atoms with Gasteiger partial charge in [-0.05, 0) is 54.9 Å². The fourth-order valence-electron chi connectivity index (χ4n) is 3.08. The van der Waals surface area contributed by atoms with Gasteiger partial charge >= 0.3 is 5.97 Å². The van der Waals surface area contributed by atoms with E-state index in [4.69, 9.17) is 14.6 Å². The molecular formula is C17H22O4S. The van der Waals surface area contributed by atoms with Crippen molar-refractivity contribution in [3.05, 3.63) is 23.8 Å². The minimum Gasteiger partial charge on any atom is -0.493 e. The van der Waals surface area contributed by atoms with Crippen LogP contribution in [0.1, 0.15) is 37.7 Å². The third kappa shape index (κ3) is 3.35. The number of rotatable bonds is 6. The molecule has 2 fully saturated rings. The first-order valence-electron chi connectivity index (χ1n) is 7.78. The van der Waals surface area contributed by atoms with Crippen molar-refractivity contribution in [2.75, 3.05) is 18.6 Å². The van der Waals surface area contributed by atoms with Crippen LogP contribution >= 0.6 is 11.8 Å². The number of thioether (sulfide) groups is 1. The van der Waals surface area contributed by atoms with E-state index in [2.05, 4.69) is 0 Å². The van der Waals surface area contributed by atoms with Crippen molar-refractivity contribution < 1.29 is 19.4 Å². The second-order valence-electron chi connectivity index (χ2n) is 6.15. The van der Waals surface area contributed by atoms with E-state index in [9.17, 15) is 4.79 Å². The lowest BCUT2D eigenvalue weighted by atomic mass is 9.92. The van der Waals surface area contributed by atoms with Crippen LogP contribution in [0.25, 0.3) is 0 Å². The molecule has 0 spiro atoms. The molecule has 1 aromatic rings. The lowest BCUT2D eigenvalue weighted by Gasteiger charge is -2.25. The molecule has 1 N–H and O–H groups in total.